The van der Waals surface area contributed by atoms with E-state index in [0.717, 1.165) is 34.3 Å². The molecule has 0 saturated carbocycles. The number of benzene rings is 1. The number of likely N-dealkylation sites (tertiary alicyclic amines) is 1. The van der Waals surface area contributed by atoms with Crippen LogP contribution in [0.5, 0.6) is 0 Å². The predicted molar refractivity (Wildman–Crippen MR) is 86.9 cm³/mol. The molecule has 3 nitrogen and oxygen atoms in total. The summed E-state index contributed by atoms with van der Waals surface area (Å²) >= 11 is 0. The molecule has 0 radical (unpaired) electrons. The number of H-pyrrole nitrogens is 1. The van der Waals surface area contributed by atoms with Gasteiger partial charge in [-0.2, -0.15) is 0 Å². The van der Waals surface area contributed by atoms with E-state index in [1.54, 1.807) is 4.90 Å². The highest BCUT2D eigenvalue weighted by Gasteiger charge is 2.24. The van der Waals surface area contributed by atoms with E-state index in [2.05, 4.69) is 18.0 Å². The summed E-state index contributed by atoms with van der Waals surface area (Å²) in [5.74, 6) is 0. The molecule has 1 aromatic carbocycles. The number of rotatable bonds is 2. The van der Waals surface area contributed by atoms with Crippen molar-refractivity contribution in [2.24, 2.45) is 0 Å². The minimum absolute atomic E-state index is 0.218. The van der Waals surface area contributed by atoms with Crippen LogP contribution in [0.15, 0.2) is 23.0 Å². The zero-order valence-electron chi connectivity index (χ0n) is 13.3. The van der Waals surface area contributed by atoms with Crippen LogP contribution < -0.4 is 10.3 Å². The quantitative estimate of drug-likeness (QED) is 0.871. The fourth-order valence-corrected chi connectivity index (χ4v) is 3.52. The Kier molecular flexibility index (Phi) is 3.85. The van der Waals surface area contributed by atoms with Crippen molar-refractivity contribution in [3.63, 3.8) is 0 Å². The largest absolute Gasteiger partial charge is 0.358 e. The Morgan fingerprint density at radius 2 is 2.10 bits per heavy atom. The van der Waals surface area contributed by atoms with Gasteiger partial charge < -0.3 is 9.88 Å². The Balaban J connectivity index is 2.03. The lowest BCUT2D eigenvalue weighted by atomic mass is 10.0. The topological polar surface area (TPSA) is 37.3 Å². The molecule has 0 bridgehead atoms. The fraction of sp³-hybridized carbons (Fsp3) is 0.500. The van der Waals surface area contributed by atoms with E-state index in [0.29, 0.717) is 6.04 Å². The van der Waals surface area contributed by atoms with Gasteiger partial charge in [0, 0.05) is 16.6 Å². The first-order chi connectivity index (χ1) is 10.1. The summed E-state index contributed by atoms with van der Waals surface area (Å²) in [5.41, 5.74) is 4.31. The number of aromatic amines is 1. The third-order valence-electron chi connectivity index (χ3n) is 4.95. The highest BCUT2D eigenvalue weighted by molar-refractivity contribution is 5.80. The van der Waals surface area contributed by atoms with Gasteiger partial charge in [-0.1, -0.05) is 11.6 Å². The molecule has 1 aliphatic heterocycles. The van der Waals surface area contributed by atoms with Crippen LogP contribution in [0.3, 0.4) is 0 Å². The van der Waals surface area contributed by atoms with Gasteiger partial charge in [0.2, 0.25) is 0 Å². The molecule has 2 heterocycles. The van der Waals surface area contributed by atoms with Crippen LogP contribution in [0, 0.1) is 13.8 Å². The molecule has 0 amide bonds. The summed E-state index contributed by atoms with van der Waals surface area (Å²) in [6.45, 7) is 8.42. The van der Waals surface area contributed by atoms with Crippen molar-refractivity contribution in [3.8, 4) is 0 Å². The maximum Gasteiger partial charge on any atom is 0.198 e. The molecular formula is C18H25N2O+. The smallest absolute Gasteiger partial charge is 0.198 e. The van der Waals surface area contributed by atoms with Crippen LogP contribution in [0.4, 0.5) is 0 Å². The van der Waals surface area contributed by atoms with Crippen molar-refractivity contribution >= 4 is 10.9 Å². The Labute approximate surface area is 126 Å². The second-order valence-electron chi connectivity index (χ2n) is 6.59. The van der Waals surface area contributed by atoms with Crippen LogP contribution in [0.1, 0.15) is 43.0 Å². The first kappa shape index (κ1) is 14.3. The van der Waals surface area contributed by atoms with Gasteiger partial charge in [0.15, 0.2) is 5.43 Å². The summed E-state index contributed by atoms with van der Waals surface area (Å²) < 4.78 is 0. The first-order valence-corrected chi connectivity index (χ1v) is 8.03. The number of fused-ring (bicyclic) bond motifs is 1. The lowest BCUT2D eigenvalue weighted by molar-refractivity contribution is -0.942. The average molecular weight is 285 g/mol. The van der Waals surface area contributed by atoms with Gasteiger partial charge in [-0.3, -0.25) is 4.79 Å². The molecule has 3 heteroatoms. The first-order valence-electron chi connectivity index (χ1n) is 8.03. The molecule has 21 heavy (non-hydrogen) atoms. The summed E-state index contributed by atoms with van der Waals surface area (Å²) in [4.78, 5) is 17.8. The number of hydrogen-bond acceptors (Lipinski definition) is 1. The minimum Gasteiger partial charge on any atom is -0.358 e. The molecular weight excluding hydrogens is 260 g/mol. The fourth-order valence-electron chi connectivity index (χ4n) is 3.52. The highest BCUT2D eigenvalue weighted by Crippen LogP contribution is 2.13. The van der Waals surface area contributed by atoms with Gasteiger partial charge in [-0.05, 0) is 52.2 Å². The molecule has 2 N–H and O–H groups in total. The van der Waals surface area contributed by atoms with Crippen LogP contribution in [-0.2, 0) is 6.54 Å². The monoisotopic (exact) mass is 285 g/mol. The molecule has 2 aromatic rings. The molecule has 3 rings (SSSR count). The van der Waals surface area contributed by atoms with Crippen molar-refractivity contribution in [1.29, 1.82) is 0 Å². The summed E-state index contributed by atoms with van der Waals surface area (Å²) in [7, 11) is 0. The number of hydrogen-bond donors (Lipinski definition) is 2. The van der Waals surface area contributed by atoms with E-state index < -0.39 is 0 Å². The van der Waals surface area contributed by atoms with Crippen LogP contribution in [-0.4, -0.2) is 17.6 Å². The summed E-state index contributed by atoms with van der Waals surface area (Å²) in [6, 6.07) is 6.73. The van der Waals surface area contributed by atoms with Gasteiger partial charge in [-0.25, -0.2) is 0 Å². The molecule has 1 unspecified atom stereocenters. The van der Waals surface area contributed by atoms with Gasteiger partial charge in [-0.15, -0.1) is 0 Å². The van der Waals surface area contributed by atoms with Crippen molar-refractivity contribution < 1.29 is 4.90 Å². The number of aromatic nitrogens is 1. The molecule has 0 spiro atoms. The molecule has 112 valence electrons. The van der Waals surface area contributed by atoms with Crippen molar-refractivity contribution in [3.05, 3.63) is 45.2 Å². The molecule has 1 saturated heterocycles. The van der Waals surface area contributed by atoms with Gasteiger partial charge >= 0.3 is 0 Å². The summed E-state index contributed by atoms with van der Waals surface area (Å²) in [6.07, 6.45) is 3.89. The van der Waals surface area contributed by atoms with E-state index in [-0.39, 0.29) is 5.43 Å². The zero-order chi connectivity index (χ0) is 15.0. The molecule has 1 aromatic heterocycles. The maximum absolute atomic E-state index is 12.8. The van der Waals surface area contributed by atoms with Crippen LogP contribution in [0.25, 0.3) is 10.9 Å². The van der Waals surface area contributed by atoms with Gasteiger partial charge in [0.25, 0.3) is 0 Å². The van der Waals surface area contributed by atoms with Crippen LogP contribution >= 0.6 is 0 Å². The van der Waals surface area contributed by atoms with E-state index in [1.165, 1.54) is 25.8 Å². The van der Waals surface area contributed by atoms with Gasteiger partial charge in [0.05, 0.1) is 18.2 Å². The highest BCUT2D eigenvalue weighted by atomic mass is 16.1. The third kappa shape index (κ3) is 2.75. The lowest BCUT2D eigenvalue weighted by Gasteiger charge is -2.30. The number of aryl methyl sites for hydroxylation is 2. The minimum atomic E-state index is 0.218. The number of quaternary nitrogens is 1. The molecule has 2 atom stereocenters. The van der Waals surface area contributed by atoms with Gasteiger partial charge in [0.1, 0.15) is 6.54 Å². The van der Waals surface area contributed by atoms with E-state index in [1.807, 2.05) is 26.0 Å². The van der Waals surface area contributed by atoms with E-state index >= 15 is 0 Å². The second kappa shape index (κ2) is 5.64. The normalized spacial score (nSPS) is 22.6. The maximum atomic E-state index is 12.8. The second-order valence-corrected chi connectivity index (χ2v) is 6.59. The standard InChI is InChI=1S/C18H24N2O/c1-12-7-8-17-15(10-12)18(21)16(14(3)19-17)11-20-9-5-4-6-13(20)2/h7-8,10,13H,4-6,9,11H2,1-3H3,(H,19,21)/p+1/t13-/m0/s1. The van der Waals surface area contributed by atoms with E-state index in [4.69, 9.17) is 0 Å². The molecule has 1 fully saturated rings. The van der Waals surface area contributed by atoms with E-state index in [9.17, 15) is 4.79 Å². The Morgan fingerprint density at radius 3 is 2.86 bits per heavy atom. The Bertz CT molecular complexity index is 717. The van der Waals surface area contributed by atoms with Crippen molar-refractivity contribution in [2.45, 2.75) is 52.6 Å². The number of piperidine rings is 1. The Morgan fingerprint density at radius 1 is 1.29 bits per heavy atom. The van der Waals surface area contributed by atoms with Crippen LogP contribution in [0.2, 0.25) is 0 Å². The predicted octanol–water partition coefficient (Wildman–Crippen LogP) is 2.10. The number of nitrogens with one attached hydrogen (secondary N) is 2. The van der Waals surface area contributed by atoms with Crippen molar-refractivity contribution in [2.75, 3.05) is 6.54 Å². The molecule has 0 aliphatic carbocycles. The van der Waals surface area contributed by atoms with Crippen molar-refractivity contribution in [1.82, 2.24) is 4.98 Å². The zero-order valence-corrected chi connectivity index (χ0v) is 13.3. The number of pyridine rings is 1. The SMILES string of the molecule is Cc1ccc2[nH]c(C)c(C[NH+]3CCCC[C@@H]3C)c(=O)c2c1. The molecule has 1 aliphatic rings. The lowest BCUT2D eigenvalue weighted by Crippen LogP contribution is -3.15. The summed E-state index contributed by atoms with van der Waals surface area (Å²) in [5, 5.41) is 0.833. The average Bonchev–Trinajstić information content (AvgIpc) is 2.46. The Hall–Kier alpha value is -1.61. The third-order valence-corrected chi connectivity index (χ3v) is 4.95.